The number of rotatable bonds is 1. The van der Waals surface area contributed by atoms with E-state index in [2.05, 4.69) is 9.98 Å². The first-order valence-electron chi connectivity index (χ1n) is 6.53. The van der Waals surface area contributed by atoms with Crippen molar-refractivity contribution in [2.45, 2.75) is 5.50 Å². The van der Waals surface area contributed by atoms with Gasteiger partial charge in [-0.2, -0.15) is 0 Å². The van der Waals surface area contributed by atoms with Gasteiger partial charge in [0.15, 0.2) is 5.50 Å². The van der Waals surface area contributed by atoms with Crippen molar-refractivity contribution in [3.05, 3.63) is 63.8 Å². The maximum absolute atomic E-state index is 11.3. The lowest BCUT2D eigenvalue weighted by Gasteiger charge is -2.20. The SMILES string of the molecule is O=C=C1c2c(ccc(=C=O)c2=C=O)C(c2ccccn2)=NC1Cl. The smallest absolute Gasteiger partial charge is 0.160 e. The first-order valence-corrected chi connectivity index (χ1v) is 6.97. The second kappa shape index (κ2) is 5.98. The van der Waals surface area contributed by atoms with Crippen LogP contribution in [0.15, 0.2) is 41.5 Å². The largest absolute Gasteiger partial charge is 0.257 e. The molecule has 0 aliphatic carbocycles. The highest BCUT2D eigenvalue weighted by Crippen LogP contribution is 2.28. The summed E-state index contributed by atoms with van der Waals surface area (Å²) in [7, 11) is 0. The number of hydrogen-bond acceptors (Lipinski definition) is 5. The van der Waals surface area contributed by atoms with Crippen LogP contribution in [-0.2, 0) is 14.4 Å². The monoisotopic (exact) mass is 322 g/mol. The number of nitrogens with zero attached hydrogens (tertiary/aromatic N) is 2. The minimum Gasteiger partial charge on any atom is -0.257 e. The van der Waals surface area contributed by atoms with Gasteiger partial charge in [-0.25, -0.2) is 14.4 Å². The van der Waals surface area contributed by atoms with E-state index in [1.165, 1.54) is 6.07 Å². The zero-order valence-corrected chi connectivity index (χ0v) is 12.3. The van der Waals surface area contributed by atoms with Gasteiger partial charge in [0.05, 0.1) is 27.4 Å². The average molecular weight is 323 g/mol. The molecule has 1 aliphatic rings. The molecular weight excluding hydrogens is 316 g/mol. The molecule has 0 N–H and O–H groups in total. The average Bonchev–Trinajstić information content (AvgIpc) is 2.60. The van der Waals surface area contributed by atoms with E-state index in [1.54, 1.807) is 48.3 Å². The standard InChI is InChI=1S/C17H7ClN2O3/c18-17-13(9-23)15-11(5-4-10(7-21)12(15)8-22)16(20-17)14-3-1-2-6-19-14/h1-6,17H. The molecular formula is C17H7ClN2O3. The van der Waals surface area contributed by atoms with E-state index in [1.807, 2.05) is 0 Å². The number of benzene rings is 1. The highest BCUT2D eigenvalue weighted by atomic mass is 35.5. The molecule has 5 nitrogen and oxygen atoms in total. The van der Waals surface area contributed by atoms with E-state index in [-0.39, 0.29) is 21.6 Å². The first kappa shape index (κ1) is 14.9. The molecule has 3 rings (SSSR count). The molecule has 0 amide bonds. The van der Waals surface area contributed by atoms with E-state index < -0.39 is 5.50 Å². The highest BCUT2D eigenvalue weighted by molar-refractivity contribution is 6.32. The Labute approximate surface area is 135 Å². The summed E-state index contributed by atoms with van der Waals surface area (Å²) in [5, 5.41) is -0.0810. The first-order chi connectivity index (χ1) is 11.2. The summed E-state index contributed by atoms with van der Waals surface area (Å²) in [5.41, 5.74) is 0.572. The van der Waals surface area contributed by atoms with E-state index in [9.17, 15) is 14.4 Å². The van der Waals surface area contributed by atoms with Gasteiger partial charge < -0.3 is 0 Å². The Hall–Kier alpha value is -3.06. The van der Waals surface area contributed by atoms with Crippen molar-refractivity contribution in [1.29, 1.82) is 0 Å². The van der Waals surface area contributed by atoms with Crippen molar-refractivity contribution in [2.24, 2.45) is 4.99 Å². The number of carbonyl (C=O) groups excluding carboxylic acids is 3. The molecule has 1 atom stereocenters. The van der Waals surface area contributed by atoms with Crippen molar-refractivity contribution in [3.8, 4) is 0 Å². The molecule has 0 saturated carbocycles. The fourth-order valence-electron chi connectivity index (χ4n) is 2.44. The summed E-state index contributed by atoms with van der Waals surface area (Å²) < 4.78 is 0. The summed E-state index contributed by atoms with van der Waals surface area (Å²) in [6.45, 7) is 0. The van der Waals surface area contributed by atoms with Gasteiger partial charge in [0.25, 0.3) is 0 Å². The number of alkyl halides is 1. The summed E-state index contributed by atoms with van der Waals surface area (Å²) in [6, 6.07) is 8.24. The number of halogens is 1. The van der Waals surface area contributed by atoms with Gasteiger partial charge in [0, 0.05) is 17.3 Å². The van der Waals surface area contributed by atoms with E-state index in [4.69, 9.17) is 11.6 Å². The van der Waals surface area contributed by atoms with Gasteiger partial charge in [-0.1, -0.05) is 23.7 Å². The van der Waals surface area contributed by atoms with Crippen molar-refractivity contribution in [2.75, 3.05) is 0 Å². The van der Waals surface area contributed by atoms with Crippen LogP contribution in [-0.4, -0.2) is 34.0 Å². The van der Waals surface area contributed by atoms with Crippen LogP contribution in [0, 0.1) is 0 Å². The Morgan fingerprint density at radius 3 is 2.43 bits per heavy atom. The molecule has 1 aromatic heterocycles. The Balaban J connectivity index is 2.48. The van der Waals surface area contributed by atoms with Crippen molar-refractivity contribution < 1.29 is 14.4 Å². The van der Waals surface area contributed by atoms with Gasteiger partial charge in [-0.05, 0) is 18.2 Å². The van der Waals surface area contributed by atoms with Crippen molar-refractivity contribution in [1.82, 2.24) is 4.98 Å². The quantitative estimate of drug-likeness (QED) is 0.411. The molecule has 6 heteroatoms. The molecule has 0 saturated heterocycles. The Bertz CT molecular complexity index is 1040. The van der Waals surface area contributed by atoms with Crippen LogP contribution in [0.2, 0.25) is 0 Å². The van der Waals surface area contributed by atoms with Crippen molar-refractivity contribution in [3.63, 3.8) is 0 Å². The third-order valence-corrected chi connectivity index (χ3v) is 3.76. The third kappa shape index (κ3) is 2.36. The molecule has 1 aromatic carbocycles. The van der Waals surface area contributed by atoms with Gasteiger partial charge in [-0.15, -0.1) is 0 Å². The Kier molecular flexibility index (Phi) is 3.86. The molecule has 23 heavy (non-hydrogen) atoms. The number of hydrogen-bond donors (Lipinski definition) is 0. The maximum Gasteiger partial charge on any atom is 0.160 e. The molecule has 0 fully saturated rings. The summed E-state index contributed by atoms with van der Waals surface area (Å²) in [6.07, 6.45) is 1.59. The van der Waals surface area contributed by atoms with Crippen LogP contribution in [0.25, 0.3) is 5.57 Å². The van der Waals surface area contributed by atoms with Gasteiger partial charge in [0.2, 0.25) is 0 Å². The lowest BCUT2D eigenvalue weighted by molar-refractivity contribution is 0.564. The molecule has 2 heterocycles. The van der Waals surface area contributed by atoms with E-state index in [0.29, 0.717) is 17.0 Å². The number of aliphatic imine (C=N–C) groups is 1. The maximum atomic E-state index is 11.3. The predicted octanol–water partition coefficient (Wildman–Crippen LogP) is -0.281. The summed E-state index contributed by atoms with van der Waals surface area (Å²) in [4.78, 5) is 42.1. The number of fused-ring (bicyclic) bond motifs is 1. The lowest BCUT2D eigenvalue weighted by Crippen LogP contribution is -2.36. The number of pyridine rings is 1. The van der Waals surface area contributed by atoms with Crippen LogP contribution in [0.5, 0.6) is 0 Å². The van der Waals surface area contributed by atoms with Crippen LogP contribution < -0.4 is 10.4 Å². The van der Waals surface area contributed by atoms with E-state index in [0.717, 1.165) is 0 Å². The van der Waals surface area contributed by atoms with Gasteiger partial charge >= 0.3 is 0 Å². The topological polar surface area (TPSA) is 76.5 Å². The minimum atomic E-state index is -1.04. The van der Waals surface area contributed by atoms with Crippen LogP contribution in [0.3, 0.4) is 0 Å². The number of aromatic nitrogens is 1. The Morgan fingerprint density at radius 2 is 1.83 bits per heavy atom. The van der Waals surface area contributed by atoms with Crippen LogP contribution >= 0.6 is 11.6 Å². The molecule has 2 aromatic rings. The minimum absolute atomic E-state index is 0.00219. The molecule has 1 unspecified atom stereocenters. The summed E-state index contributed by atoms with van der Waals surface area (Å²) in [5.74, 6) is 5.05. The van der Waals surface area contributed by atoms with Gasteiger partial charge in [-0.3, -0.25) is 9.98 Å². The second-order valence-corrected chi connectivity index (χ2v) is 5.07. The van der Waals surface area contributed by atoms with Gasteiger partial charge in [0.1, 0.15) is 17.8 Å². The predicted molar refractivity (Wildman–Crippen MR) is 83.9 cm³/mol. The summed E-state index contributed by atoms with van der Waals surface area (Å²) >= 11 is 6.14. The Morgan fingerprint density at radius 1 is 1.00 bits per heavy atom. The molecule has 1 aliphatic heterocycles. The van der Waals surface area contributed by atoms with Crippen LogP contribution in [0.4, 0.5) is 0 Å². The van der Waals surface area contributed by atoms with E-state index >= 15 is 0 Å². The zero-order chi connectivity index (χ0) is 16.4. The fourth-order valence-corrected chi connectivity index (χ4v) is 2.70. The van der Waals surface area contributed by atoms with Crippen LogP contribution in [0.1, 0.15) is 16.8 Å². The molecule has 0 radical (unpaired) electrons. The van der Waals surface area contributed by atoms with Crippen molar-refractivity contribution >= 4 is 40.7 Å². The molecule has 0 spiro atoms. The zero-order valence-electron chi connectivity index (χ0n) is 11.5. The molecule has 110 valence electrons. The fraction of sp³-hybridized carbons (Fsp3) is 0.0588. The third-order valence-electron chi connectivity index (χ3n) is 3.44. The highest BCUT2D eigenvalue weighted by Gasteiger charge is 2.28. The second-order valence-electron chi connectivity index (χ2n) is 4.66. The molecule has 0 bridgehead atoms. The lowest BCUT2D eigenvalue weighted by atomic mass is 9.90. The normalized spacial score (nSPS) is 15.8.